The number of amides is 1. The Kier molecular flexibility index (Phi) is 3.38. The molecular formula is C11H20N4O. The highest BCUT2D eigenvalue weighted by molar-refractivity contribution is 5.94. The molecule has 0 aromatic carbocycles. The SMILES string of the molecule is Cc1cc(NC(=O)C(N)C(C)(C)C)n(C)n1. The van der Waals surface area contributed by atoms with Crippen LogP contribution in [0.25, 0.3) is 0 Å². The topological polar surface area (TPSA) is 72.9 Å². The number of nitrogens with one attached hydrogen (secondary N) is 1. The molecule has 1 atom stereocenters. The van der Waals surface area contributed by atoms with Gasteiger partial charge in [-0.25, -0.2) is 0 Å². The number of hydrogen-bond acceptors (Lipinski definition) is 3. The van der Waals surface area contributed by atoms with Crippen molar-refractivity contribution < 1.29 is 4.79 Å². The van der Waals surface area contributed by atoms with Crippen molar-refractivity contribution >= 4 is 11.7 Å². The molecule has 0 saturated heterocycles. The number of aryl methyl sites for hydroxylation is 2. The van der Waals surface area contributed by atoms with E-state index >= 15 is 0 Å². The second-order valence-corrected chi connectivity index (χ2v) is 5.13. The van der Waals surface area contributed by atoms with Crippen LogP contribution in [0.15, 0.2) is 6.07 Å². The molecule has 5 heteroatoms. The summed E-state index contributed by atoms with van der Waals surface area (Å²) in [6, 6.07) is 1.27. The Morgan fingerprint density at radius 3 is 2.50 bits per heavy atom. The van der Waals surface area contributed by atoms with Crippen LogP contribution in [0, 0.1) is 12.3 Å². The van der Waals surface area contributed by atoms with Gasteiger partial charge in [-0.2, -0.15) is 5.10 Å². The molecule has 0 spiro atoms. The van der Waals surface area contributed by atoms with Crippen molar-refractivity contribution in [2.75, 3.05) is 5.32 Å². The molecule has 0 saturated carbocycles. The van der Waals surface area contributed by atoms with E-state index in [1.165, 1.54) is 0 Å². The van der Waals surface area contributed by atoms with E-state index < -0.39 is 6.04 Å². The third-order valence-electron chi connectivity index (χ3n) is 2.47. The average molecular weight is 224 g/mol. The molecular weight excluding hydrogens is 204 g/mol. The zero-order chi connectivity index (χ0) is 12.5. The van der Waals surface area contributed by atoms with Crippen molar-refractivity contribution in [2.24, 2.45) is 18.2 Å². The third kappa shape index (κ3) is 2.82. The zero-order valence-corrected chi connectivity index (χ0v) is 10.5. The van der Waals surface area contributed by atoms with E-state index in [1.54, 1.807) is 11.7 Å². The van der Waals surface area contributed by atoms with Gasteiger partial charge in [-0.05, 0) is 12.3 Å². The molecule has 1 aromatic heterocycles. The summed E-state index contributed by atoms with van der Waals surface area (Å²) < 4.78 is 1.63. The predicted molar refractivity (Wildman–Crippen MR) is 64.0 cm³/mol. The molecule has 0 bridgehead atoms. The lowest BCUT2D eigenvalue weighted by molar-refractivity contribution is -0.119. The Hall–Kier alpha value is -1.36. The van der Waals surface area contributed by atoms with Crippen LogP contribution in [-0.2, 0) is 11.8 Å². The molecule has 1 aromatic rings. The maximum absolute atomic E-state index is 11.8. The summed E-state index contributed by atoms with van der Waals surface area (Å²) in [4.78, 5) is 11.8. The molecule has 16 heavy (non-hydrogen) atoms. The van der Waals surface area contributed by atoms with Crippen LogP contribution in [0.3, 0.4) is 0 Å². The first-order valence-electron chi connectivity index (χ1n) is 5.29. The fourth-order valence-corrected chi connectivity index (χ4v) is 1.32. The van der Waals surface area contributed by atoms with E-state index in [9.17, 15) is 4.79 Å². The number of carbonyl (C=O) groups is 1. The summed E-state index contributed by atoms with van der Waals surface area (Å²) >= 11 is 0. The molecule has 90 valence electrons. The van der Waals surface area contributed by atoms with Crippen LogP contribution >= 0.6 is 0 Å². The Balaban J connectivity index is 2.76. The maximum Gasteiger partial charge on any atom is 0.242 e. The lowest BCUT2D eigenvalue weighted by Crippen LogP contribution is -2.45. The smallest absolute Gasteiger partial charge is 0.242 e. The Labute approximate surface area is 96.0 Å². The highest BCUT2D eigenvalue weighted by Gasteiger charge is 2.27. The van der Waals surface area contributed by atoms with Gasteiger partial charge >= 0.3 is 0 Å². The van der Waals surface area contributed by atoms with Gasteiger partial charge in [-0.1, -0.05) is 20.8 Å². The minimum absolute atomic E-state index is 0.185. The summed E-state index contributed by atoms with van der Waals surface area (Å²) in [6.45, 7) is 7.68. The third-order valence-corrected chi connectivity index (χ3v) is 2.47. The summed E-state index contributed by atoms with van der Waals surface area (Å²) in [5.41, 5.74) is 6.47. The van der Waals surface area contributed by atoms with Gasteiger partial charge in [-0.3, -0.25) is 9.48 Å². The fraction of sp³-hybridized carbons (Fsp3) is 0.636. The van der Waals surface area contributed by atoms with E-state index in [-0.39, 0.29) is 11.3 Å². The summed E-state index contributed by atoms with van der Waals surface area (Å²) in [5, 5.41) is 6.92. The van der Waals surface area contributed by atoms with Crippen LogP contribution in [0.5, 0.6) is 0 Å². The lowest BCUT2D eigenvalue weighted by atomic mass is 9.87. The first kappa shape index (κ1) is 12.7. The summed E-state index contributed by atoms with van der Waals surface area (Å²) in [7, 11) is 1.78. The molecule has 1 amide bonds. The minimum atomic E-state index is -0.539. The summed E-state index contributed by atoms with van der Waals surface area (Å²) in [5.74, 6) is 0.484. The van der Waals surface area contributed by atoms with Gasteiger partial charge in [0.15, 0.2) is 0 Å². The van der Waals surface area contributed by atoms with E-state index in [0.29, 0.717) is 5.82 Å². The first-order chi connectivity index (χ1) is 7.21. The Morgan fingerprint density at radius 1 is 1.56 bits per heavy atom. The van der Waals surface area contributed by atoms with Gasteiger partial charge in [0.25, 0.3) is 0 Å². The van der Waals surface area contributed by atoms with Crippen LogP contribution in [0.1, 0.15) is 26.5 Å². The van der Waals surface area contributed by atoms with E-state index in [2.05, 4.69) is 10.4 Å². The van der Waals surface area contributed by atoms with Gasteiger partial charge < -0.3 is 11.1 Å². The first-order valence-corrected chi connectivity index (χ1v) is 5.29. The molecule has 3 N–H and O–H groups in total. The lowest BCUT2D eigenvalue weighted by Gasteiger charge is -2.25. The van der Waals surface area contributed by atoms with Crippen LogP contribution < -0.4 is 11.1 Å². The van der Waals surface area contributed by atoms with Gasteiger partial charge in [-0.15, -0.1) is 0 Å². The second kappa shape index (κ2) is 4.25. The molecule has 0 aliphatic carbocycles. The molecule has 5 nitrogen and oxygen atoms in total. The van der Waals surface area contributed by atoms with Crippen LogP contribution in [0.2, 0.25) is 0 Å². The maximum atomic E-state index is 11.8. The molecule has 1 rings (SSSR count). The van der Waals surface area contributed by atoms with Gasteiger partial charge in [0, 0.05) is 13.1 Å². The molecule has 0 aliphatic rings. The number of aromatic nitrogens is 2. The van der Waals surface area contributed by atoms with E-state index in [1.807, 2.05) is 33.8 Å². The standard InChI is InChI=1S/C11H20N4O/c1-7-6-8(15(5)14-7)13-10(16)9(12)11(2,3)4/h6,9H,12H2,1-5H3,(H,13,16). The molecule has 0 aliphatic heterocycles. The number of nitrogens with zero attached hydrogens (tertiary/aromatic N) is 2. The average Bonchev–Trinajstić information content (AvgIpc) is 2.42. The quantitative estimate of drug-likeness (QED) is 0.788. The number of rotatable bonds is 2. The van der Waals surface area contributed by atoms with Gasteiger partial charge in [0.2, 0.25) is 5.91 Å². The monoisotopic (exact) mass is 224 g/mol. The summed E-state index contributed by atoms with van der Waals surface area (Å²) in [6.07, 6.45) is 0. The van der Waals surface area contributed by atoms with E-state index in [0.717, 1.165) is 5.69 Å². The zero-order valence-electron chi connectivity index (χ0n) is 10.5. The van der Waals surface area contributed by atoms with Crippen molar-refractivity contribution in [2.45, 2.75) is 33.7 Å². The van der Waals surface area contributed by atoms with Crippen LogP contribution in [0.4, 0.5) is 5.82 Å². The predicted octanol–water partition coefficient (Wildman–Crippen LogP) is 1.04. The Morgan fingerprint density at radius 2 is 2.12 bits per heavy atom. The largest absolute Gasteiger partial charge is 0.319 e. The molecule has 1 unspecified atom stereocenters. The number of anilines is 1. The molecule has 1 heterocycles. The van der Waals surface area contributed by atoms with Crippen molar-refractivity contribution in [3.8, 4) is 0 Å². The minimum Gasteiger partial charge on any atom is -0.319 e. The fourth-order valence-electron chi connectivity index (χ4n) is 1.32. The molecule has 0 radical (unpaired) electrons. The van der Waals surface area contributed by atoms with Crippen LogP contribution in [-0.4, -0.2) is 21.7 Å². The van der Waals surface area contributed by atoms with E-state index in [4.69, 9.17) is 5.73 Å². The van der Waals surface area contributed by atoms with Gasteiger partial charge in [0.05, 0.1) is 11.7 Å². The van der Waals surface area contributed by atoms with Crippen molar-refractivity contribution in [1.82, 2.24) is 9.78 Å². The molecule has 0 fully saturated rings. The van der Waals surface area contributed by atoms with Crippen molar-refractivity contribution in [3.63, 3.8) is 0 Å². The number of nitrogens with two attached hydrogens (primary N) is 1. The van der Waals surface area contributed by atoms with Crippen molar-refractivity contribution in [1.29, 1.82) is 0 Å². The highest BCUT2D eigenvalue weighted by atomic mass is 16.2. The number of carbonyl (C=O) groups excluding carboxylic acids is 1. The van der Waals surface area contributed by atoms with Crippen molar-refractivity contribution in [3.05, 3.63) is 11.8 Å². The normalized spacial score (nSPS) is 13.6. The second-order valence-electron chi connectivity index (χ2n) is 5.13. The Bertz CT molecular complexity index is 389. The highest BCUT2D eigenvalue weighted by Crippen LogP contribution is 2.19. The van der Waals surface area contributed by atoms with Gasteiger partial charge in [0.1, 0.15) is 5.82 Å². The number of hydrogen-bond donors (Lipinski definition) is 2.